The van der Waals surface area contributed by atoms with Crippen LogP contribution in [0, 0.1) is 12.3 Å². The summed E-state index contributed by atoms with van der Waals surface area (Å²) in [6.45, 7) is 3.78. The van der Waals surface area contributed by atoms with E-state index >= 15 is 0 Å². The lowest BCUT2D eigenvalue weighted by Crippen LogP contribution is -2.58. The van der Waals surface area contributed by atoms with Gasteiger partial charge in [-0.25, -0.2) is 0 Å². The molecule has 0 unspecified atom stereocenters. The van der Waals surface area contributed by atoms with E-state index in [9.17, 15) is 19.5 Å². The van der Waals surface area contributed by atoms with Crippen LogP contribution in [-0.2, 0) is 16.0 Å². The summed E-state index contributed by atoms with van der Waals surface area (Å²) in [5, 5.41) is 24.3. The fraction of sp³-hybridized carbons (Fsp3) is 0.357. The second-order valence-electron chi connectivity index (χ2n) is 9.70. The number of carbonyl (C=O) groups excluding carboxylic acids is 3. The zero-order valence-corrected chi connectivity index (χ0v) is 22.1. The normalized spacial score (nSPS) is 17.9. The van der Waals surface area contributed by atoms with Gasteiger partial charge in [-0.15, -0.1) is 18.2 Å². The quantitative estimate of drug-likeness (QED) is 0.312. The van der Waals surface area contributed by atoms with Gasteiger partial charge >= 0.3 is 0 Å². The Bertz CT molecular complexity index is 1350. The van der Waals surface area contributed by atoms with Gasteiger partial charge in [0.1, 0.15) is 6.04 Å². The first kappa shape index (κ1) is 27.2. The van der Waals surface area contributed by atoms with E-state index in [0.29, 0.717) is 29.3 Å². The van der Waals surface area contributed by atoms with E-state index in [1.54, 1.807) is 18.3 Å². The molecular weight excluding hydrogens is 502 g/mol. The van der Waals surface area contributed by atoms with Crippen molar-refractivity contribution in [2.45, 2.75) is 49.6 Å². The Morgan fingerprint density at radius 1 is 1.24 bits per heavy atom. The molecule has 0 saturated carbocycles. The van der Waals surface area contributed by atoms with Crippen LogP contribution in [0.15, 0.2) is 54.7 Å². The van der Waals surface area contributed by atoms with Crippen LogP contribution in [0.4, 0.5) is 0 Å². The summed E-state index contributed by atoms with van der Waals surface area (Å²) in [7, 11) is 0. The highest BCUT2D eigenvalue weighted by Gasteiger charge is 2.49. The topological polar surface area (TPSA) is 127 Å². The lowest BCUT2D eigenvalue weighted by atomic mass is 9.97. The average Bonchev–Trinajstić information content (AvgIpc) is 3.52. The number of aliphatic hydroxyl groups excluding tert-OH is 1. The molecule has 4 N–H and O–H groups in total. The molecule has 3 amide bonds. The number of nitrogens with one attached hydrogen (secondary N) is 3. The standard InChI is InChI=1S/C28H31N5O4S/c1-4-15-29-26(36)24-28(2,3)38-17-33(24)27(37)23(34)22(14-13-18-9-6-5-7-10-18)31-25(35)19-11-8-12-21-20(19)16-30-32-21/h1,5-12,16,22-24,34H,13-15,17H2,2-3H3,(H,29,36)(H,30,32)(H,31,35)/t22-,23-,24+/m0/s1. The zero-order valence-electron chi connectivity index (χ0n) is 21.3. The van der Waals surface area contributed by atoms with E-state index in [2.05, 4.69) is 26.8 Å². The first-order chi connectivity index (χ1) is 18.2. The van der Waals surface area contributed by atoms with Crippen LogP contribution in [0.25, 0.3) is 10.9 Å². The number of thioether (sulfide) groups is 1. The van der Waals surface area contributed by atoms with Crippen molar-refractivity contribution in [2.24, 2.45) is 0 Å². The molecule has 0 spiro atoms. The number of carbonyl (C=O) groups is 3. The van der Waals surface area contributed by atoms with Gasteiger partial charge in [-0.3, -0.25) is 19.5 Å². The molecule has 1 aromatic heterocycles. The maximum atomic E-state index is 13.6. The van der Waals surface area contributed by atoms with E-state index < -0.39 is 34.7 Å². The van der Waals surface area contributed by atoms with Crippen LogP contribution < -0.4 is 10.6 Å². The summed E-state index contributed by atoms with van der Waals surface area (Å²) < 4.78 is -0.590. The number of benzene rings is 2. The Morgan fingerprint density at radius 2 is 2.00 bits per heavy atom. The molecule has 4 rings (SSSR count). The second kappa shape index (κ2) is 11.7. The number of fused-ring (bicyclic) bond motifs is 1. The van der Waals surface area contributed by atoms with Crippen LogP contribution in [0.5, 0.6) is 0 Å². The predicted octanol–water partition coefficient (Wildman–Crippen LogP) is 2.08. The summed E-state index contributed by atoms with van der Waals surface area (Å²) in [5.74, 6) is 1.17. The Kier molecular flexibility index (Phi) is 8.39. The Hall–Kier alpha value is -3.81. The molecule has 9 nitrogen and oxygen atoms in total. The third-order valence-corrected chi connectivity index (χ3v) is 8.08. The van der Waals surface area contributed by atoms with Crippen molar-refractivity contribution >= 4 is 40.4 Å². The number of amides is 3. The van der Waals surface area contributed by atoms with Crippen molar-refractivity contribution < 1.29 is 19.5 Å². The van der Waals surface area contributed by atoms with Crippen LogP contribution in [0.2, 0.25) is 0 Å². The van der Waals surface area contributed by atoms with Gasteiger partial charge in [0.2, 0.25) is 5.91 Å². The Labute approximate surface area is 225 Å². The molecule has 0 radical (unpaired) electrons. The molecule has 38 heavy (non-hydrogen) atoms. The first-order valence-electron chi connectivity index (χ1n) is 12.3. The fourth-order valence-corrected chi connectivity index (χ4v) is 5.82. The number of rotatable bonds is 9. The number of hydrogen-bond acceptors (Lipinski definition) is 6. The molecule has 2 aromatic carbocycles. The van der Waals surface area contributed by atoms with E-state index in [1.165, 1.54) is 16.7 Å². The highest BCUT2D eigenvalue weighted by Crippen LogP contribution is 2.39. The van der Waals surface area contributed by atoms with Crippen molar-refractivity contribution in [2.75, 3.05) is 12.4 Å². The molecule has 1 aliphatic rings. The van der Waals surface area contributed by atoms with Crippen LogP contribution in [0.1, 0.15) is 36.2 Å². The highest BCUT2D eigenvalue weighted by atomic mass is 32.2. The van der Waals surface area contributed by atoms with E-state index in [0.717, 1.165) is 5.56 Å². The molecule has 1 saturated heterocycles. The summed E-state index contributed by atoms with van der Waals surface area (Å²) >= 11 is 1.44. The maximum Gasteiger partial charge on any atom is 0.254 e. The smallest absolute Gasteiger partial charge is 0.254 e. The zero-order chi connectivity index (χ0) is 27.3. The number of nitrogens with zero attached hydrogens (tertiary/aromatic N) is 2. The number of aromatic amines is 1. The van der Waals surface area contributed by atoms with Gasteiger partial charge in [0, 0.05) is 10.1 Å². The lowest BCUT2D eigenvalue weighted by Gasteiger charge is -2.33. The van der Waals surface area contributed by atoms with Crippen molar-refractivity contribution in [3.05, 3.63) is 65.9 Å². The monoisotopic (exact) mass is 533 g/mol. The molecule has 0 aliphatic carbocycles. The average molecular weight is 534 g/mol. The van der Waals surface area contributed by atoms with Gasteiger partial charge in [-0.2, -0.15) is 5.10 Å². The molecule has 0 bridgehead atoms. The number of terminal acetylenes is 1. The van der Waals surface area contributed by atoms with E-state index in [-0.39, 0.29) is 18.3 Å². The summed E-state index contributed by atoms with van der Waals surface area (Å²) in [5.41, 5.74) is 2.09. The Morgan fingerprint density at radius 3 is 2.74 bits per heavy atom. The third kappa shape index (κ3) is 5.85. The summed E-state index contributed by atoms with van der Waals surface area (Å²) in [4.78, 5) is 41.3. The first-order valence-corrected chi connectivity index (χ1v) is 13.3. The predicted molar refractivity (Wildman–Crippen MR) is 147 cm³/mol. The number of hydrogen-bond donors (Lipinski definition) is 4. The molecular formula is C28H31N5O4S. The van der Waals surface area contributed by atoms with Crippen LogP contribution in [-0.4, -0.2) is 73.3 Å². The number of aryl methyl sites for hydroxylation is 1. The van der Waals surface area contributed by atoms with E-state index in [4.69, 9.17) is 6.42 Å². The van der Waals surface area contributed by atoms with Crippen LogP contribution >= 0.6 is 11.8 Å². The van der Waals surface area contributed by atoms with Crippen LogP contribution in [0.3, 0.4) is 0 Å². The molecule has 10 heteroatoms. The minimum absolute atomic E-state index is 0.0377. The maximum absolute atomic E-state index is 13.6. The molecule has 3 atom stereocenters. The van der Waals surface area contributed by atoms with Gasteiger partial charge in [0.05, 0.1) is 35.7 Å². The Balaban J connectivity index is 1.58. The summed E-state index contributed by atoms with van der Waals surface area (Å²) in [6.07, 6.45) is 6.12. The van der Waals surface area contributed by atoms with Gasteiger partial charge in [-0.05, 0) is 44.4 Å². The van der Waals surface area contributed by atoms with Gasteiger partial charge in [-0.1, -0.05) is 42.3 Å². The van der Waals surface area contributed by atoms with Gasteiger partial charge < -0.3 is 20.6 Å². The highest BCUT2D eigenvalue weighted by molar-refractivity contribution is 8.00. The van der Waals surface area contributed by atoms with Gasteiger partial charge in [0.25, 0.3) is 11.8 Å². The lowest BCUT2D eigenvalue weighted by molar-refractivity contribution is -0.147. The molecule has 1 fully saturated rings. The minimum atomic E-state index is -1.57. The summed E-state index contributed by atoms with van der Waals surface area (Å²) in [6, 6.07) is 13.1. The van der Waals surface area contributed by atoms with Crippen molar-refractivity contribution in [1.82, 2.24) is 25.7 Å². The molecule has 198 valence electrons. The minimum Gasteiger partial charge on any atom is -0.381 e. The van der Waals surface area contributed by atoms with Crippen molar-refractivity contribution in [3.8, 4) is 12.3 Å². The third-order valence-electron chi connectivity index (χ3n) is 6.71. The molecule has 2 heterocycles. The molecule has 3 aromatic rings. The molecule has 1 aliphatic heterocycles. The number of H-pyrrole nitrogens is 1. The van der Waals surface area contributed by atoms with Crippen molar-refractivity contribution in [3.63, 3.8) is 0 Å². The second-order valence-corrected chi connectivity index (χ2v) is 11.3. The van der Waals surface area contributed by atoms with Crippen molar-refractivity contribution in [1.29, 1.82) is 0 Å². The number of aliphatic hydroxyl groups is 1. The largest absolute Gasteiger partial charge is 0.381 e. The number of aromatic nitrogens is 2. The van der Waals surface area contributed by atoms with Gasteiger partial charge in [0.15, 0.2) is 6.10 Å². The SMILES string of the molecule is C#CCNC(=O)[C@H]1N(C(=O)[C@@H](O)[C@H](CCc2ccccc2)NC(=O)c2cccc3[nH]ncc23)CSC1(C)C. The fourth-order valence-electron chi connectivity index (χ4n) is 4.68. The van der Waals surface area contributed by atoms with E-state index in [1.807, 2.05) is 50.2 Å².